The molecule has 3 heterocycles. The standard InChI is InChI=1S/C24H32F3N3O4/c1-23(2)15-30(13-18-7-5-11-32-18)22(34-23)28-21(31)19-12-16(24(25,26)27)8-9-20(19)33-14-17-6-4-10-29(17)3/h8-9,12,17-18H,4-7,10-11,13-15H2,1-3H3/b28-22-/t17-,18+/m0/s1. The van der Waals surface area contributed by atoms with E-state index in [-0.39, 0.29) is 36.1 Å². The number of alkyl halides is 3. The van der Waals surface area contributed by atoms with Crippen molar-refractivity contribution in [3.63, 3.8) is 0 Å². The number of nitrogens with zero attached hydrogens (tertiary/aromatic N) is 3. The summed E-state index contributed by atoms with van der Waals surface area (Å²) >= 11 is 0. The van der Waals surface area contributed by atoms with E-state index in [1.807, 2.05) is 25.8 Å². The van der Waals surface area contributed by atoms with Crippen LogP contribution in [-0.4, -0.2) is 79.4 Å². The minimum absolute atomic E-state index is 0.00801. The van der Waals surface area contributed by atoms with Gasteiger partial charge in [0.05, 0.1) is 23.8 Å². The Morgan fingerprint density at radius 2 is 2.06 bits per heavy atom. The van der Waals surface area contributed by atoms with E-state index in [1.54, 1.807) is 0 Å². The molecular formula is C24H32F3N3O4. The largest absolute Gasteiger partial charge is 0.491 e. The average Bonchev–Trinajstić information content (AvgIpc) is 3.47. The van der Waals surface area contributed by atoms with Gasteiger partial charge in [-0.3, -0.25) is 4.79 Å². The average molecular weight is 484 g/mol. The highest BCUT2D eigenvalue weighted by molar-refractivity contribution is 6.03. The van der Waals surface area contributed by atoms with Gasteiger partial charge in [-0.05, 0) is 71.3 Å². The molecule has 0 aromatic heterocycles. The van der Waals surface area contributed by atoms with Crippen LogP contribution < -0.4 is 4.74 Å². The summed E-state index contributed by atoms with van der Waals surface area (Å²) in [6.45, 7) is 6.67. The van der Waals surface area contributed by atoms with Crippen LogP contribution in [0.4, 0.5) is 13.2 Å². The van der Waals surface area contributed by atoms with Gasteiger partial charge in [-0.15, -0.1) is 0 Å². The molecule has 3 aliphatic rings. The van der Waals surface area contributed by atoms with Crippen LogP contribution in [0, 0.1) is 0 Å². The number of benzene rings is 1. The van der Waals surface area contributed by atoms with Gasteiger partial charge in [-0.1, -0.05) is 0 Å². The third-order valence-corrected chi connectivity index (χ3v) is 6.49. The van der Waals surface area contributed by atoms with E-state index >= 15 is 0 Å². The van der Waals surface area contributed by atoms with E-state index in [2.05, 4.69) is 9.89 Å². The van der Waals surface area contributed by atoms with Crippen molar-refractivity contribution in [3.8, 4) is 5.75 Å². The first kappa shape index (κ1) is 24.8. The Balaban J connectivity index is 1.59. The van der Waals surface area contributed by atoms with E-state index in [9.17, 15) is 18.0 Å². The van der Waals surface area contributed by atoms with E-state index in [0.29, 0.717) is 19.7 Å². The van der Waals surface area contributed by atoms with Gasteiger partial charge in [0.1, 0.15) is 18.0 Å². The number of likely N-dealkylation sites (N-methyl/N-ethyl adjacent to an activating group) is 1. The Hall–Kier alpha value is -2.33. The summed E-state index contributed by atoms with van der Waals surface area (Å²) in [7, 11) is 1.98. The van der Waals surface area contributed by atoms with Gasteiger partial charge >= 0.3 is 6.18 Å². The Bertz CT molecular complexity index is 929. The molecule has 34 heavy (non-hydrogen) atoms. The smallest absolute Gasteiger partial charge is 0.416 e. The quantitative estimate of drug-likeness (QED) is 0.610. The van der Waals surface area contributed by atoms with Gasteiger partial charge in [0.2, 0.25) is 0 Å². The minimum atomic E-state index is -4.59. The van der Waals surface area contributed by atoms with Crippen LogP contribution in [0.25, 0.3) is 0 Å². The monoisotopic (exact) mass is 483 g/mol. The first-order valence-electron chi connectivity index (χ1n) is 11.7. The van der Waals surface area contributed by atoms with Crippen molar-refractivity contribution in [2.24, 2.45) is 4.99 Å². The second-order valence-corrected chi connectivity index (χ2v) is 9.87. The van der Waals surface area contributed by atoms with Crippen LogP contribution in [-0.2, 0) is 15.7 Å². The molecule has 10 heteroatoms. The number of hydrogen-bond donors (Lipinski definition) is 0. The van der Waals surface area contributed by atoms with E-state index in [4.69, 9.17) is 14.2 Å². The van der Waals surface area contributed by atoms with E-state index < -0.39 is 23.2 Å². The first-order valence-corrected chi connectivity index (χ1v) is 11.7. The van der Waals surface area contributed by atoms with Crippen molar-refractivity contribution in [3.05, 3.63) is 29.3 Å². The number of carbonyl (C=O) groups excluding carboxylic acids is 1. The van der Waals surface area contributed by atoms with Gasteiger partial charge in [0.25, 0.3) is 11.9 Å². The zero-order valence-corrected chi connectivity index (χ0v) is 19.9. The highest BCUT2D eigenvalue weighted by atomic mass is 19.4. The molecule has 0 aliphatic carbocycles. The number of hydrogen-bond acceptors (Lipinski definition) is 5. The molecule has 0 N–H and O–H groups in total. The van der Waals surface area contributed by atoms with Crippen LogP contribution in [0.1, 0.15) is 55.5 Å². The summed E-state index contributed by atoms with van der Waals surface area (Å²) in [6.07, 6.45) is -0.749. The fourth-order valence-corrected chi connectivity index (χ4v) is 4.66. The normalized spacial score (nSPS) is 26.3. The maximum Gasteiger partial charge on any atom is 0.416 e. The second-order valence-electron chi connectivity index (χ2n) is 9.87. The minimum Gasteiger partial charge on any atom is -0.491 e. The van der Waals surface area contributed by atoms with Crippen LogP contribution >= 0.6 is 0 Å². The molecule has 2 atom stereocenters. The molecule has 188 valence electrons. The molecule has 0 radical (unpaired) electrons. The van der Waals surface area contributed by atoms with Crippen LogP contribution in [0.3, 0.4) is 0 Å². The van der Waals surface area contributed by atoms with Gasteiger partial charge in [0, 0.05) is 19.2 Å². The predicted molar refractivity (Wildman–Crippen MR) is 120 cm³/mol. The van der Waals surface area contributed by atoms with Crippen LogP contribution in [0.15, 0.2) is 23.2 Å². The van der Waals surface area contributed by atoms with Crippen molar-refractivity contribution >= 4 is 11.9 Å². The Kier molecular flexibility index (Phi) is 7.09. The summed E-state index contributed by atoms with van der Waals surface area (Å²) in [4.78, 5) is 21.3. The SMILES string of the molecule is CN1CCC[C@H]1COc1ccc(C(F)(F)F)cc1C(=O)/N=C1\OC(C)(C)CN1C[C@H]1CCCO1. The lowest BCUT2D eigenvalue weighted by Crippen LogP contribution is -2.35. The zero-order valence-electron chi connectivity index (χ0n) is 19.9. The maximum absolute atomic E-state index is 13.4. The molecule has 0 bridgehead atoms. The fourth-order valence-electron chi connectivity index (χ4n) is 4.66. The number of rotatable bonds is 6. The molecule has 1 aromatic rings. The van der Waals surface area contributed by atoms with Gasteiger partial charge in [0.15, 0.2) is 0 Å². The van der Waals surface area contributed by atoms with Crippen molar-refractivity contribution in [1.29, 1.82) is 0 Å². The molecular weight excluding hydrogens is 451 g/mol. The molecule has 0 saturated carbocycles. The molecule has 3 fully saturated rings. The molecule has 0 spiro atoms. The lowest BCUT2D eigenvalue weighted by molar-refractivity contribution is -0.137. The number of amides is 1. The lowest BCUT2D eigenvalue weighted by atomic mass is 10.1. The number of amidine groups is 1. The highest BCUT2D eigenvalue weighted by Crippen LogP contribution is 2.34. The third kappa shape index (κ3) is 5.83. The Morgan fingerprint density at radius 3 is 2.71 bits per heavy atom. The second kappa shape index (κ2) is 9.73. The highest BCUT2D eigenvalue weighted by Gasteiger charge is 2.39. The molecule has 4 rings (SSSR count). The summed E-state index contributed by atoms with van der Waals surface area (Å²) in [5, 5.41) is 0. The molecule has 0 unspecified atom stereocenters. The number of halogens is 3. The van der Waals surface area contributed by atoms with E-state index in [0.717, 1.165) is 44.4 Å². The van der Waals surface area contributed by atoms with Crippen molar-refractivity contribution < 1.29 is 32.2 Å². The number of aliphatic imine (C=N–C) groups is 1. The van der Waals surface area contributed by atoms with Crippen molar-refractivity contribution in [1.82, 2.24) is 9.80 Å². The van der Waals surface area contributed by atoms with Gasteiger partial charge in [-0.25, -0.2) is 0 Å². The molecule has 1 amide bonds. The van der Waals surface area contributed by atoms with Crippen LogP contribution in [0.2, 0.25) is 0 Å². The molecule has 3 saturated heterocycles. The van der Waals surface area contributed by atoms with E-state index in [1.165, 1.54) is 6.07 Å². The lowest BCUT2D eigenvalue weighted by Gasteiger charge is -2.21. The maximum atomic E-state index is 13.4. The topological polar surface area (TPSA) is 63.6 Å². The molecule has 1 aromatic carbocycles. The van der Waals surface area contributed by atoms with Crippen LogP contribution in [0.5, 0.6) is 5.75 Å². The number of carbonyl (C=O) groups is 1. The zero-order chi connectivity index (χ0) is 24.5. The number of likely N-dealkylation sites (tertiary alicyclic amines) is 1. The molecule has 7 nitrogen and oxygen atoms in total. The fraction of sp³-hybridized carbons (Fsp3) is 0.667. The Labute approximate surface area is 197 Å². The Morgan fingerprint density at radius 1 is 1.26 bits per heavy atom. The predicted octanol–water partition coefficient (Wildman–Crippen LogP) is 3.96. The first-order chi connectivity index (χ1) is 16.0. The summed E-state index contributed by atoms with van der Waals surface area (Å²) in [6, 6.07) is 3.19. The molecule has 3 aliphatic heterocycles. The summed E-state index contributed by atoms with van der Waals surface area (Å²) < 4.78 is 57.6. The van der Waals surface area contributed by atoms with Gasteiger partial charge in [-0.2, -0.15) is 18.2 Å². The third-order valence-electron chi connectivity index (χ3n) is 6.49. The van der Waals surface area contributed by atoms with Crippen molar-refractivity contribution in [2.75, 3.05) is 39.9 Å². The van der Waals surface area contributed by atoms with Crippen molar-refractivity contribution in [2.45, 2.75) is 63.5 Å². The summed E-state index contributed by atoms with van der Waals surface area (Å²) in [5.41, 5.74) is -1.74. The van der Waals surface area contributed by atoms with Gasteiger partial charge < -0.3 is 24.0 Å². The number of ether oxygens (including phenoxy) is 3. The summed E-state index contributed by atoms with van der Waals surface area (Å²) in [5.74, 6) is -0.739.